The van der Waals surface area contributed by atoms with E-state index in [0.29, 0.717) is 0 Å². The molecule has 0 N–H and O–H groups in total. The molecule has 0 heterocycles. The molecule has 0 aromatic heterocycles. The number of carbonyl (C=O) groups excluding carboxylic acids is 1. The topological polar surface area (TPSA) is 17.1 Å². The van der Waals surface area contributed by atoms with Gasteiger partial charge in [0, 0.05) is 15.7 Å². The molecule has 1 nitrogen and oxygen atoms in total. The lowest BCUT2D eigenvalue weighted by Crippen LogP contribution is -2.12. The van der Waals surface area contributed by atoms with Crippen LogP contribution in [-0.4, -0.2) is 11.5 Å². The van der Waals surface area contributed by atoms with Gasteiger partial charge in [-0.1, -0.05) is 18.6 Å². The summed E-state index contributed by atoms with van der Waals surface area (Å²) in [5.41, 5.74) is 0.782. The molecule has 1 aromatic rings. The maximum atomic E-state index is 10.5. The Morgan fingerprint density at radius 1 is 1.38 bits per heavy atom. The summed E-state index contributed by atoms with van der Waals surface area (Å²) in [5.74, 6) is 0. The average molecular weight is 192 g/mol. The van der Waals surface area contributed by atoms with Crippen LogP contribution in [0.15, 0.2) is 29.2 Å². The molecule has 0 aliphatic heterocycles. The lowest BCUT2D eigenvalue weighted by molar-refractivity contribution is 0.112. The monoisotopic (exact) mass is 192 g/mol. The quantitative estimate of drug-likeness (QED) is 0.684. The largest absolute Gasteiger partial charge is 0.298 e. The Morgan fingerprint density at radius 2 is 2.23 bits per heavy atom. The van der Waals surface area contributed by atoms with Crippen LogP contribution in [0, 0.1) is 0 Å². The molecular formula is C11H12OS. The van der Waals surface area contributed by atoms with E-state index >= 15 is 0 Å². The molecule has 1 aliphatic carbocycles. The molecule has 0 bridgehead atoms. The van der Waals surface area contributed by atoms with Crippen LogP contribution in [0.5, 0.6) is 0 Å². The van der Waals surface area contributed by atoms with Crippen LogP contribution in [0.2, 0.25) is 0 Å². The fraction of sp³-hybridized carbons (Fsp3) is 0.364. The normalized spacial score (nSPS) is 16.6. The van der Waals surface area contributed by atoms with E-state index in [-0.39, 0.29) is 0 Å². The van der Waals surface area contributed by atoms with Crippen molar-refractivity contribution in [2.75, 3.05) is 0 Å². The zero-order chi connectivity index (χ0) is 9.10. The van der Waals surface area contributed by atoms with Gasteiger partial charge in [0.1, 0.15) is 6.29 Å². The van der Waals surface area contributed by atoms with Crippen LogP contribution < -0.4 is 0 Å². The minimum absolute atomic E-state index is 0.782. The first-order valence-electron chi connectivity index (χ1n) is 4.60. The first-order valence-corrected chi connectivity index (χ1v) is 5.48. The van der Waals surface area contributed by atoms with E-state index in [2.05, 4.69) is 6.07 Å². The highest BCUT2D eigenvalue weighted by molar-refractivity contribution is 8.00. The average Bonchev–Trinajstić information content (AvgIpc) is 2.12. The Bertz CT molecular complexity index is 305. The van der Waals surface area contributed by atoms with Gasteiger partial charge in [0.2, 0.25) is 0 Å². The van der Waals surface area contributed by atoms with E-state index in [1.165, 1.54) is 24.2 Å². The second-order valence-corrected chi connectivity index (χ2v) is 4.73. The van der Waals surface area contributed by atoms with E-state index < -0.39 is 0 Å². The summed E-state index contributed by atoms with van der Waals surface area (Å²) in [6.45, 7) is 0. The highest BCUT2D eigenvalue weighted by atomic mass is 32.2. The molecule has 0 saturated heterocycles. The van der Waals surface area contributed by atoms with Gasteiger partial charge in [-0.15, -0.1) is 11.8 Å². The van der Waals surface area contributed by atoms with Crippen LogP contribution in [-0.2, 0) is 0 Å². The molecular weight excluding hydrogens is 180 g/mol. The predicted octanol–water partition coefficient (Wildman–Crippen LogP) is 3.14. The van der Waals surface area contributed by atoms with Crippen molar-refractivity contribution in [2.24, 2.45) is 0 Å². The number of thioether (sulfide) groups is 1. The SMILES string of the molecule is O=Cc1cccc(SC2CCC2)c1. The van der Waals surface area contributed by atoms with Gasteiger partial charge in [0.05, 0.1) is 0 Å². The van der Waals surface area contributed by atoms with Crippen molar-refractivity contribution in [3.05, 3.63) is 29.8 Å². The van der Waals surface area contributed by atoms with Crippen LogP contribution >= 0.6 is 11.8 Å². The molecule has 1 fully saturated rings. The van der Waals surface area contributed by atoms with Crippen LogP contribution in [0.25, 0.3) is 0 Å². The molecule has 1 aliphatic rings. The maximum Gasteiger partial charge on any atom is 0.150 e. The Balaban J connectivity index is 2.05. The molecule has 13 heavy (non-hydrogen) atoms. The minimum Gasteiger partial charge on any atom is -0.298 e. The zero-order valence-corrected chi connectivity index (χ0v) is 8.22. The van der Waals surface area contributed by atoms with E-state index in [4.69, 9.17) is 0 Å². The number of carbonyl (C=O) groups is 1. The van der Waals surface area contributed by atoms with Crippen molar-refractivity contribution in [3.63, 3.8) is 0 Å². The summed E-state index contributed by atoms with van der Waals surface area (Å²) >= 11 is 1.90. The second kappa shape index (κ2) is 3.97. The van der Waals surface area contributed by atoms with Crippen LogP contribution in [0.3, 0.4) is 0 Å². The lowest BCUT2D eigenvalue weighted by Gasteiger charge is -2.24. The third-order valence-corrected chi connectivity index (χ3v) is 3.68. The third kappa shape index (κ3) is 2.13. The van der Waals surface area contributed by atoms with Crippen LogP contribution in [0.4, 0.5) is 0 Å². The number of aldehydes is 1. The molecule has 0 amide bonds. The smallest absolute Gasteiger partial charge is 0.150 e. The van der Waals surface area contributed by atoms with Crippen molar-refractivity contribution in [2.45, 2.75) is 29.4 Å². The summed E-state index contributed by atoms with van der Waals surface area (Å²) in [6.07, 6.45) is 4.93. The summed E-state index contributed by atoms with van der Waals surface area (Å²) in [5, 5.41) is 0.793. The zero-order valence-electron chi connectivity index (χ0n) is 7.40. The number of benzene rings is 1. The molecule has 0 unspecified atom stereocenters. The van der Waals surface area contributed by atoms with Gasteiger partial charge in [0.25, 0.3) is 0 Å². The second-order valence-electron chi connectivity index (χ2n) is 3.36. The van der Waals surface area contributed by atoms with Gasteiger partial charge in [-0.3, -0.25) is 4.79 Å². The van der Waals surface area contributed by atoms with E-state index in [0.717, 1.165) is 17.1 Å². The predicted molar refractivity (Wildman–Crippen MR) is 55.3 cm³/mol. The fourth-order valence-corrected chi connectivity index (χ4v) is 2.66. The van der Waals surface area contributed by atoms with Gasteiger partial charge >= 0.3 is 0 Å². The number of hydrogen-bond acceptors (Lipinski definition) is 2. The van der Waals surface area contributed by atoms with Crippen molar-refractivity contribution in [1.29, 1.82) is 0 Å². The van der Waals surface area contributed by atoms with Gasteiger partial charge in [0.15, 0.2) is 0 Å². The highest BCUT2D eigenvalue weighted by Gasteiger charge is 2.18. The van der Waals surface area contributed by atoms with Crippen molar-refractivity contribution < 1.29 is 4.79 Å². The van der Waals surface area contributed by atoms with Crippen molar-refractivity contribution in [3.8, 4) is 0 Å². The Labute approximate surface area is 82.5 Å². The van der Waals surface area contributed by atoms with E-state index in [1.807, 2.05) is 30.0 Å². The fourth-order valence-electron chi connectivity index (χ4n) is 1.34. The molecule has 1 saturated carbocycles. The van der Waals surface area contributed by atoms with E-state index in [1.54, 1.807) is 0 Å². The first-order chi connectivity index (χ1) is 6.38. The summed E-state index contributed by atoms with van der Waals surface area (Å²) in [4.78, 5) is 11.7. The molecule has 0 spiro atoms. The minimum atomic E-state index is 0.782. The Kier molecular flexibility index (Phi) is 2.69. The van der Waals surface area contributed by atoms with Gasteiger partial charge < -0.3 is 0 Å². The lowest BCUT2D eigenvalue weighted by atomic mass is 10.0. The Morgan fingerprint density at radius 3 is 2.85 bits per heavy atom. The van der Waals surface area contributed by atoms with Crippen molar-refractivity contribution >= 4 is 18.0 Å². The summed E-state index contributed by atoms with van der Waals surface area (Å²) in [7, 11) is 0. The molecule has 2 rings (SSSR count). The number of hydrogen-bond donors (Lipinski definition) is 0. The van der Waals surface area contributed by atoms with Gasteiger partial charge in [-0.25, -0.2) is 0 Å². The standard InChI is InChI=1S/C11H12OS/c12-8-9-3-1-6-11(7-9)13-10-4-2-5-10/h1,3,6-8,10H,2,4-5H2. The molecule has 68 valence electrons. The van der Waals surface area contributed by atoms with Gasteiger partial charge in [-0.05, 0) is 25.0 Å². The van der Waals surface area contributed by atoms with Crippen molar-refractivity contribution in [1.82, 2.24) is 0 Å². The molecule has 2 heteroatoms. The highest BCUT2D eigenvalue weighted by Crippen LogP contribution is 2.36. The Hall–Kier alpha value is -0.760. The summed E-state index contributed by atoms with van der Waals surface area (Å²) < 4.78 is 0. The first kappa shape index (κ1) is 8.82. The maximum absolute atomic E-state index is 10.5. The van der Waals surface area contributed by atoms with Crippen LogP contribution in [0.1, 0.15) is 29.6 Å². The van der Waals surface area contributed by atoms with Gasteiger partial charge in [-0.2, -0.15) is 0 Å². The molecule has 1 aromatic carbocycles. The molecule has 0 radical (unpaired) electrons. The summed E-state index contributed by atoms with van der Waals surface area (Å²) in [6, 6.07) is 7.84. The molecule has 0 atom stereocenters. The third-order valence-electron chi connectivity index (χ3n) is 2.35. The number of rotatable bonds is 3. The van der Waals surface area contributed by atoms with E-state index in [9.17, 15) is 4.79 Å².